The molecule has 0 atom stereocenters. The fraction of sp³-hybridized carbons (Fsp3) is 0.353. The Balaban J connectivity index is 2.09. The lowest BCUT2D eigenvalue weighted by molar-refractivity contribution is 0.622. The third-order valence-corrected chi connectivity index (χ3v) is 4.10. The van der Waals surface area contributed by atoms with Gasteiger partial charge in [0.2, 0.25) is 0 Å². The van der Waals surface area contributed by atoms with Gasteiger partial charge in [-0.05, 0) is 25.0 Å². The second-order valence-electron chi connectivity index (χ2n) is 5.49. The lowest BCUT2D eigenvalue weighted by Crippen LogP contribution is -2.09. The average Bonchev–Trinajstić information content (AvgIpc) is 3.09. The maximum atomic E-state index is 13.4. The maximum Gasteiger partial charge on any atom is 0.132 e. The van der Waals surface area contributed by atoms with Crippen LogP contribution in [0.5, 0.6) is 0 Å². The molecular weight excluding hydrogens is 265 g/mol. The lowest BCUT2D eigenvalue weighted by Gasteiger charge is -2.11. The summed E-state index contributed by atoms with van der Waals surface area (Å²) in [4.78, 5) is 4.70. The summed E-state index contributed by atoms with van der Waals surface area (Å²) >= 11 is 0. The van der Waals surface area contributed by atoms with Gasteiger partial charge in [0.15, 0.2) is 0 Å². The third kappa shape index (κ3) is 2.52. The number of aromatic nitrogens is 2. The first-order valence-electron chi connectivity index (χ1n) is 7.26. The van der Waals surface area contributed by atoms with E-state index in [1.165, 1.54) is 25.0 Å². The van der Waals surface area contributed by atoms with E-state index in [-0.39, 0.29) is 5.82 Å². The normalized spacial score (nSPS) is 15.2. The number of anilines is 1. The first-order valence-corrected chi connectivity index (χ1v) is 7.26. The molecule has 108 valence electrons. The van der Waals surface area contributed by atoms with Gasteiger partial charge in [0, 0.05) is 11.5 Å². The molecule has 1 aliphatic carbocycles. The molecule has 0 radical (unpaired) electrons. The van der Waals surface area contributed by atoms with E-state index in [0.717, 1.165) is 18.7 Å². The van der Waals surface area contributed by atoms with Gasteiger partial charge in [-0.25, -0.2) is 9.37 Å². The monoisotopic (exact) mass is 283 g/mol. The molecule has 0 aliphatic heterocycles. The fourth-order valence-corrected chi connectivity index (χ4v) is 3.08. The van der Waals surface area contributed by atoms with Crippen LogP contribution >= 0.6 is 0 Å². The van der Waals surface area contributed by atoms with E-state index in [4.69, 9.17) is 17.1 Å². The van der Waals surface area contributed by atoms with E-state index in [2.05, 4.69) is 5.92 Å². The minimum Gasteiger partial charge on any atom is -0.383 e. The van der Waals surface area contributed by atoms with Crippen molar-refractivity contribution in [1.82, 2.24) is 9.55 Å². The number of rotatable bonds is 3. The molecule has 0 saturated heterocycles. The number of nitrogens with zero attached hydrogens (tertiary/aromatic N) is 2. The van der Waals surface area contributed by atoms with Crippen molar-refractivity contribution in [2.24, 2.45) is 0 Å². The average molecular weight is 283 g/mol. The van der Waals surface area contributed by atoms with Crippen molar-refractivity contribution < 1.29 is 4.39 Å². The Morgan fingerprint density at radius 1 is 1.38 bits per heavy atom. The summed E-state index contributed by atoms with van der Waals surface area (Å²) in [6.07, 6.45) is 10.1. The molecular formula is C17H18FN3. The van der Waals surface area contributed by atoms with Crippen LogP contribution in [0.2, 0.25) is 0 Å². The van der Waals surface area contributed by atoms with Crippen LogP contribution in [-0.2, 0) is 6.54 Å². The van der Waals surface area contributed by atoms with Crippen molar-refractivity contribution in [3.63, 3.8) is 0 Å². The minimum absolute atomic E-state index is 0.291. The molecule has 0 unspecified atom stereocenters. The molecule has 1 heterocycles. The van der Waals surface area contributed by atoms with E-state index in [1.807, 2.05) is 10.6 Å². The number of benzene rings is 1. The summed E-state index contributed by atoms with van der Waals surface area (Å²) < 4.78 is 15.3. The van der Waals surface area contributed by atoms with Crippen molar-refractivity contribution in [2.75, 3.05) is 5.73 Å². The van der Waals surface area contributed by atoms with Gasteiger partial charge in [0.25, 0.3) is 0 Å². The zero-order valence-corrected chi connectivity index (χ0v) is 11.8. The summed E-state index contributed by atoms with van der Waals surface area (Å²) in [5.41, 5.74) is 7.55. The quantitative estimate of drug-likeness (QED) is 0.875. The number of hydrogen-bond donors (Lipinski definition) is 1. The summed E-state index contributed by atoms with van der Waals surface area (Å²) in [5, 5.41) is 0. The molecule has 0 amide bonds. The van der Waals surface area contributed by atoms with E-state index in [0.29, 0.717) is 29.5 Å². The molecule has 2 N–H and O–H groups in total. The highest BCUT2D eigenvalue weighted by Crippen LogP contribution is 2.37. The Morgan fingerprint density at radius 3 is 2.81 bits per heavy atom. The van der Waals surface area contributed by atoms with Gasteiger partial charge >= 0.3 is 0 Å². The van der Waals surface area contributed by atoms with Crippen LogP contribution < -0.4 is 5.73 Å². The predicted octanol–water partition coefficient (Wildman–Crippen LogP) is 3.56. The van der Waals surface area contributed by atoms with Crippen molar-refractivity contribution in [1.29, 1.82) is 0 Å². The number of terminal acetylenes is 1. The van der Waals surface area contributed by atoms with Crippen LogP contribution in [0.3, 0.4) is 0 Å². The van der Waals surface area contributed by atoms with Crippen molar-refractivity contribution in [3.05, 3.63) is 35.9 Å². The molecule has 1 aliphatic rings. The molecule has 0 bridgehead atoms. The minimum atomic E-state index is -0.291. The van der Waals surface area contributed by atoms with Crippen LogP contribution in [0.1, 0.15) is 37.4 Å². The van der Waals surface area contributed by atoms with Crippen molar-refractivity contribution in [2.45, 2.75) is 38.1 Å². The molecule has 1 fully saturated rings. The topological polar surface area (TPSA) is 43.8 Å². The second kappa shape index (κ2) is 5.61. The fourth-order valence-electron chi connectivity index (χ4n) is 3.08. The largest absolute Gasteiger partial charge is 0.383 e. The summed E-state index contributed by atoms with van der Waals surface area (Å²) in [7, 11) is 0. The molecule has 2 aromatic rings. The van der Waals surface area contributed by atoms with Gasteiger partial charge in [-0.3, -0.25) is 0 Å². The van der Waals surface area contributed by atoms with Crippen LogP contribution in [0.15, 0.2) is 24.3 Å². The Bertz CT molecular complexity index is 691. The SMILES string of the molecule is C#CCn1c(C2CCCC2)nc(-c2cccc(F)c2)c1N. The number of halogens is 1. The third-order valence-electron chi connectivity index (χ3n) is 4.10. The van der Waals surface area contributed by atoms with Gasteiger partial charge in [-0.1, -0.05) is 30.9 Å². The Hall–Kier alpha value is -2.28. The van der Waals surface area contributed by atoms with Gasteiger partial charge in [0.05, 0.1) is 6.54 Å². The zero-order valence-electron chi connectivity index (χ0n) is 11.8. The van der Waals surface area contributed by atoms with Crippen LogP contribution in [0.25, 0.3) is 11.3 Å². The van der Waals surface area contributed by atoms with Crippen LogP contribution in [0, 0.1) is 18.2 Å². The lowest BCUT2D eigenvalue weighted by atomic mass is 10.1. The Labute approximate surface area is 124 Å². The highest BCUT2D eigenvalue weighted by atomic mass is 19.1. The molecule has 4 heteroatoms. The molecule has 1 aromatic heterocycles. The first-order chi connectivity index (χ1) is 10.2. The molecule has 1 saturated carbocycles. The van der Waals surface area contributed by atoms with E-state index in [1.54, 1.807) is 6.07 Å². The van der Waals surface area contributed by atoms with Gasteiger partial charge in [0.1, 0.15) is 23.2 Å². The summed E-state index contributed by atoms with van der Waals surface area (Å²) in [5.74, 6) is 4.22. The number of imidazole rings is 1. The van der Waals surface area contributed by atoms with E-state index >= 15 is 0 Å². The smallest absolute Gasteiger partial charge is 0.132 e. The maximum absolute atomic E-state index is 13.4. The second-order valence-corrected chi connectivity index (χ2v) is 5.49. The van der Waals surface area contributed by atoms with E-state index < -0.39 is 0 Å². The molecule has 21 heavy (non-hydrogen) atoms. The molecule has 3 rings (SSSR count). The van der Waals surface area contributed by atoms with Crippen molar-refractivity contribution >= 4 is 5.82 Å². The van der Waals surface area contributed by atoms with Gasteiger partial charge in [-0.2, -0.15) is 0 Å². The standard InChI is InChI=1S/C17H18FN3/c1-2-10-21-16(19)15(13-8-5-9-14(18)11-13)20-17(21)12-6-3-4-7-12/h1,5,8-9,11-12H,3-4,6-7,10,19H2. The predicted molar refractivity (Wildman–Crippen MR) is 82.1 cm³/mol. The van der Waals surface area contributed by atoms with Crippen molar-refractivity contribution in [3.8, 4) is 23.6 Å². The molecule has 3 nitrogen and oxygen atoms in total. The Kier molecular flexibility index (Phi) is 3.66. The number of nitrogen functional groups attached to an aromatic ring is 1. The Morgan fingerprint density at radius 2 is 2.14 bits per heavy atom. The number of nitrogens with two attached hydrogens (primary N) is 1. The number of hydrogen-bond acceptors (Lipinski definition) is 2. The van der Waals surface area contributed by atoms with Gasteiger partial charge < -0.3 is 10.3 Å². The van der Waals surface area contributed by atoms with Crippen LogP contribution in [-0.4, -0.2) is 9.55 Å². The molecule has 1 aromatic carbocycles. The summed E-state index contributed by atoms with van der Waals surface area (Å²) in [6, 6.07) is 6.35. The first kappa shape index (κ1) is 13.7. The zero-order chi connectivity index (χ0) is 14.8. The molecule has 0 spiro atoms. The highest BCUT2D eigenvalue weighted by molar-refractivity contribution is 5.71. The summed E-state index contributed by atoms with van der Waals surface area (Å²) in [6.45, 7) is 0.403. The highest BCUT2D eigenvalue weighted by Gasteiger charge is 2.25. The van der Waals surface area contributed by atoms with Crippen LogP contribution in [0.4, 0.5) is 10.2 Å². The van der Waals surface area contributed by atoms with E-state index in [9.17, 15) is 4.39 Å². The van der Waals surface area contributed by atoms with Gasteiger partial charge in [-0.15, -0.1) is 6.42 Å².